The SMILES string of the molecule is C#Cc1c(C#C)c(Oc2ccc(O)c(N)c2)c(C#C)c(Oc2ccc(O)c(N)c2)c1C#C. The first-order valence-corrected chi connectivity index (χ1v) is 8.97. The van der Waals surface area contributed by atoms with E-state index < -0.39 is 0 Å². The smallest absolute Gasteiger partial charge is 0.163 e. The van der Waals surface area contributed by atoms with Crippen LogP contribution in [0.1, 0.15) is 22.3 Å². The molecule has 0 aliphatic carbocycles. The maximum atomic E-state index is 9.67. The number of benzene rings is 3. The van der Waals surface area contributed by atoms with Crippen LogP contribution in [-0.2, 0) is 0 Å². The highest BCUT2D eigenvalue weighted by molar-refractivity contribution is 5.76. The highest BCUT2D eigenvalue weighted by Crippen LogP contribution is 2.43. The van der Waals surface area contributed by atoms with Crippen LogP contribution in [0.15, 0.2) is 36.4 Å². The van der Waals surface area contributed by atoms with Gasteiger partial charge in [-0.15, -0.1) is 25.7 Å². The van der Waals surface area contributed by atoms with Gasteiger partial charge in [0.25, 0.3) is 0 Å². The quantitative estimate of drug-likeness (QED) is 0.291. The van der Waals surface area contributed by atoms with Gasteiger partial charge < -0.3 is 31.2 Å². The lowest BCUT2D eigenvalue weighted by atomic mass is 9.95. The van der Waals surface area contributed by atoms with Crippen molar-refractivity contribution in [3.05, 3.63) is 58.7 Å². The third-order valence-electron chi connectivity index (χ3n) is 4.42. The highest BCUT2D eigenvalue weighted by atomic mass is 16.5. The van der Waals surface area contributed by atoms with E-state index in [1.807, 2.05) is 0 Å². The summed E-state index contributed by atoms with van der Waals surface area (Å²) in [7, 11) is 0. The van der Waals surface area contributed by atoms with Crippen LogP contribution in [-0.4, -0.2) is 10.2 Å². The van der Waals surface area contributed by atoms with Crippen molar-refractivity contribution in [3.8, 4) is 83.9 Å². The van der Waals surface area contributed by atoms with Crippen LogP contribution in [0.2, 0.25) is 0 Å². The van der Waals surface area contributed by atoms with E-state index in [1.165, 1.54) is 36.4 Å². The first kappa shape index (κ1) is 21.4. The number of hydrogen-bond acceptors (Lipinski definition) is 6. The summed E-state index contributed by atoms with van der Waals surface area (Å²) in [5, 5.41) is 19.3. The molecule has 0 aliphatic heterocycles. The van der Waals surface area contributed by atoms with Crippen LogP contribution in [0.3, 0.4) is 0 Å². The van der Waals surface area contributed by atoms with Gasteiger partial charge in [-0.25, -0.2) is 0 Å². The van der Waals surface area contributed by atoms with Crippen molar-refractivity contribution in [3.63, 3.8) is 0 Å². The molecule has 3 aromatic carbocycles. The Morgan fingerprint density at radius 1 is 0.594 bits per heavy atom. The van der Waals surface area contributed by atoms with Crippen LogP contribution in [0, 0.1) is 49.4 Å². The van der Waals surface area contributed by atoms with E-state index in [-0.39, 0.29) is 68.1 Å². The zero-order valence-electron chi connectivity index (χ0n) is 16.6. The van der Waals surface area contributed by atoms with Crippen molar-refractivity contribution in [2.45, 2.75) is 0 Å². The molecule has 32 heavy (non-hydrogen) atoms. The molecule has 0 aliphatic rings. The minimum Gasteiger partial charge on any atom is -0.506 e. The summed E-state index contributed by atoms with van der Waals surface area (Å²) in [5.74, 6) is 10.2. The third kappa shape index (κ3) is 3.77. The molecule has 6 N–H and O–H groups in total. The van der Waals surface area contributed by atoms with Crippen molar-refractivity contribution in [1.82, 2.24) is 0 Å². The number of ether oxygens (including phenoxy) is 2. The molecule has 154 valence electrons. The maximum Gasteiger partial charge on any atom is 0.163 e. The summed E-state index contributed by atoms with van der Waals surface area (Å²) in [5.41, 5.74) is 12.2. The standard InChI is InChI=1S/C26H16N2O4/c1-5-17-18(6-2)25(31-15-9-11-23(29)21(27)13-15)20(8-4)26(19(17)7-3)32-16-10-12-24(30)22(28)14-16/h1-4,9-14,29-30H,27-28H2. The Labute approximate surface area is 185 Å². The predicted molar refractivity (Wildman–Crippen MR) is 123 cm³/mol. The van der Waals surface area contributed by atoms with E-state index in [1.54, 1.807) is 0 Å². The fourth-order valence-corrected chi connectivity index (χ4v) is 2.89. The Morgan fingerprint density at radius 3 is 1.28 bits per heavy atom. The number of hydrogen-bond donors (Lipinski definition) is 4. The molecular weight excluding hydrogens is 404 g/mol. The summed E-state index contributed by atoms with van der Waals surface area (Å²) in [6, 6.07) is 8.42. The van der Waals surface area contributed by atoms with Gasteiger partial charge in [-0.1, -0.05) is 23.7 Å². The van der Waals surface area contributed by atoms with Gasteiger partial charge in [0.2, 0.25) is 0 Å². The number of phenolic OH excluding ortho intramolecular Hbond substituents is 2. The molecule has 0 radical (unpaired) electrons. The molecule has 3 rings (SSSR count). The molecule has 0 amide bonds. The first-order valence-electron chi connectivity index (χ1n) is 8.97. The van der Waals surface area contributed by atoms with Gasteiger partial charge in [-0.2, -0.15) is 0 Å². The van der Waals surface area contributed by atoms with Crippen molar-refractivity contribution in [1.29, 1.82) is 0 Å². The van der Waals surface area contributed by atoms with E-state index >= 15 is 0 Å². The van der Waals surface area contributed by atoms with Gasteiger partial charge in [0.15, 0.2) is 11.5 Å². The Hall–Kier alpha value is -5.30. The van der Waals surface area contributed by atoms with Crippen LogP contribution in [0.5, 0.6) is 34.5 Å². The number of rotatable bonds is 4. The molecule has 0 spiro atoms. The van der Waals surface area contributed by atoms with E-state index in [2.05, 4.69) is 23.7 Å². The summed E-state index contributed by atoms with van der Waals surface area (Å²) < 4.78 is 11.9. The van der Waals surface area contributed by atoms with Crippen molar-refractivity contribution < 1.29 is 19.7 Å². The number of nitrogens with two attached hydrogens (primary N) is 2. The predicted octanol–water partition coefficient (Wildman–Crippen LogP) is 3.77. The highest BCUT2D eigenvalue weighted by Gasteiger charge is 2.25. The number of anilines is 2. The summed E-state index contributed by atoms with van der Waals surface area (Å²) >= 11 is 0. The average molecular weight is 420 g/mol. The molecule has 0 atom stereocenters. The molecule has 0 unspecified atom stereocenters. The second-order valence-corrected chi connectivity index (χ2v) is 6.38. The van der Waals surface area contributed by atoms with E-state index in [0.29, 0.717) is 0 Å². The molecular formula is C26H16N2O4. The van der Waals surface area contributed by atoms with Crippen LogP contribution < -0.4 is 20.9 Å². The zero-order chi connectivity index (χ0) is 23.4. The lowest BCUT2D eigenvalue weighted by Gasteiger charge is -2.19. The fourth-order valence-electron chi connectivity index (χ4n) is 2.89. The largest absolute Gasteiger partial charge is 0.506 e. The topological polar surface area (TPSA) is 111 Å². The molecule has 0 heterocycles. The monoisotopic (exact) mass is 420 g/mol. The van der Waals surface area contributed by atoms with Gasteiger partial charge in [0.1, 0.15) is 28.6 Å². The normalized spacial score (nSPS) is 9.62. The van der Waals surface area contributed by atoms with Gasteiger partial charge in [-0.05, 0) is 24.3 Å². The molecule has 3 aromatic rings. The summed E-state index contributed by atoms with van der Waals surface area (Å²) in [4.78, 5) is 0. The Kier molecular flexibility index (Phi) is 5.75. The van der Waals surface area contributed by atoms with Crippen molar-refractivity contribution in [2.75, 3.05) is 11.5 Å². The minimum absolute atomic E-state index is 0.0498. The molecule has 0 saturated carbocycles. The molecule has 0 saturated heterocycles. The molecule has 0 aromatic heterocycles. The van der Waals surface area contributed by atoms with Crippen LogP contribution in [0.25, 0.3) is 0 Å². The van der Waals surface area contributed by atoms with Crippen molar-refractivity contribution in [2.24, 2.45) is 0 Å². The maximum absolute atomic E-state index is 9.67. The molecule has 6 heteroatoms. The molecule has 6 nitrogen and oxygen atoms in total. The van der Waals surface area contributed by atoms with Crippen LogP contribution >= 0.6 is 0 Å². The number of phenols is 2. The number of nitrogen functional groups attached to an aromatic ring is 2. The Bertz CT molecular complexity index is 1320. The van der Waals surface area contributed by atoms with Gasteiger partial charge in [0.05, 0.1) is 28.1 Å². The number of terminal acetylenes is 4. The van der Waals surface area contributed by atoms with E-state index in [0.717, 1.165) is 0 Å². The Balaban J connectivity index is 2.29. The number of aromatic hydroxyl groups is 2. The van der Waals surface area contributed by atoms with Gasteiger partial charge in [-0.3, -0.25) is 0 Å². The Morgan fingerprint density at radius 2 is 0.969 bits per heavy atom. The minimum atomic E-state index is -0.118. The summed E-state index contributed by atoms with van der Waals surface area (Å²) in [6.45, 7) is 0. The lowest BCUT2D eigenvalue weighted by molar-refractivity contribution is 0.450. The second-order valence-electron chi connectivity index (χ2n) is 6.38. The second kappa shape index (κ2) is 8.60. The average Bonchev–Trinajstić information content (AvgIpc) is 2.78. The van der Waals surface area contributed by atoms with E-state index in [9.17, 15) is 10.2 Å². The van der Waals surface area contributed by atoms with Gasteiger partial charge in [0, 0.05) is 12.1 Å². The lowest BCUT2D eigenvalue weighted by Crippen LogP contribution is -2.03. The van der Waals surface area contributed by atoms with Crippen LogP contribution in [0.4, 0.5) is 11.4 Å². The zero-order valence-corrected chi connectivity index (χ0v) is 16.6. The van der Waals surface area contributed by atoms with Gasteiger partial charge >= 0.3 is 0 Å². The van der Waals surface area contributed by atoms with E-state index in [4.69, 9.17) is 46.6 Å². The third-order valence-corrected chi connectivity index (χ3v) is 4.42. The summed E-state index contributed by atoms with van der Waals surface area (Å²) in [6.07, 6.45) is 22.9. The van der Waals surface area contributed by atoms with Crippen molar-refractivity contribution >= 4 is 11.4 Å². The molecule has 0 bridgehead atoms. The molecule has 0 fully saturated rings. The fraction of sp³-hybridized carbons (Fsp3) is 0. The first-order chi connectivity index (χ1) is 15.3.